The van der Waals surface area contributed by atoms with Crippen LogP contribution in [0.3, 0.4) is 0 Å². The van der Waals surface area contributed by atoms with Crippen molar-refractivity contribution in [1.29, 1.82) is 0 Å². The van der Waals surface area contributed by atoms with Gasteiger partial charge in [-0.05, 0) is 128 Å². The number of aliphatic carboxylic acids is 1. The third-order valence-corrected chi connectivity index (χ3v) is 14.4. The molecular weight excluding hydrogens is 778 g/mol. The van der Waals surface area contributed by atoms with Gasteiger partial charge < -0.3 is 34.1 Å². The predicted molar refractivity (Wildman–Crippen MR) is 218 cm³/mol. The van der Waals surface area contributed by atoms with Crippen molar-refractivity contribution in [3.05, 3.63) is 50.4 Å². The Labute approximate surface area is 351 Å². The minimum absolute atomic E-state index is 0.0686. The van der Waals surface area contributed by atoms with E-state index < -0.39 is 35.2 Å². The summed E-state index contributed by atoms with van der Waals surface area (Å²) in [5.41, 5.74) is 8.46. The Morgan fingerprint density at radius 3 is 2.23 bits per heavy atom. The van der Waals surface area contributed by atoms with Crippen molar-refractivity contribution in [2.45, 2.75) is 110 Å². The Hall–Kier alpha value is -4.31. The highest BCUT2D eigenvalue weighted by molar-refractivity contribution is 5.97. The number of nitrogens with one attached hydrogen (secondary N) is 1. The molecule has 17 nitrogen and oxygen atoms in total. The van der Waals surface area contributed by atoms with Crippen LogP contribution in [0, 0.1) is 56.5 Å². The van der Waals surface area contributed by atoms with Gasteiger partial charge in [-0.3, -0.25) is 24.5 Å². The van der Waals surface area contributed by atoms with E-state index >= 15 is 0 Å². The Morgan fingerprint density at radius 2 is 1.57 bits per heavy atom. The third kappa shape index (κ3) is 11.9. The number of fused-ring (bicyclic) bond motifs is 5. The number of amides is 1. The van der Waals surface area contributed by atoms with Crippen LogP contribution in [0.5, 0.6) is 0 Å². The Balaban J connectivity index is 1.03. The summed E-state index contributed by atoms with van der Waals surface area (Å²) in [5.74, 6) is 0.232. The second kappa shape index (κ2) is 22.0. The minimum Gasteiger partial charge on any atom is -0.481 e. The number of ether oxygens (including phenoxy) is 5. The maximum atomic E-state index is 13.4. The molecule has 0 heterocycles. The summed E-state index contributed by atoms with van der Waals surface area (Å²) in [7, 11) is 0. The molecule has 4 fully saturated rings. The molecule has 0 aliphatic heterocycles. The van der Waals surface area contributed by atoms with E-state index in [1.807, 2.05) is 0 Å². The second-order valence-electron chi connectivity index (χ2n) is 17.7. The van der Waals surface area contributed by atoms with Crippen LogP contribution in [0.1, 0.15) is 108 Å². The number of carboxylic acids is 1. The van der Waals surface area contributed by atoms with E-state index in [0.717, 1.165) is 38.5 Å². The van der Waals surface area contributed by atoms with Crippen LogP contribution in [0.15, 0.2) is 29.4 Å². The number of nitro benzene ring substituents is 1. The highest BCUT2D eigenvalue weighted by atomic mass is 16.6. The van der Waals surface area contributed by atoms with Crippen LogP contribution in [-0.2, 0) is 38.1 Å². The Bertz CT molecular complexity index is 1690. The summed E-state index contributed by atoms with van der Waals surface area (Å²) in [6.07, 6.45) is 9.36. The molecule has 332 valence electrons. The molecule has 0 spiro atoms. The summed E-state index contributed by atoms with van der Waals surface area (Å²) in [4.78, 5) is 63.6. The first-order valence-corrected chi connectivity index (χ1v) is 21.6. The summed E-state index contributed by atoms with van der Waals surface area (Å²) >= 11 is 0. The van der Waals surface area contributed by atoms with E-state index in [0.29, 0.717) is 101 Å². The fraction of sp³-hybridized carbons (Fsp3) is 0.767. The summed E-state index contributed by atoms with van der Waals surface area (Å²) in [6, 6.07) is 3.47. The first-order chi connectivity index (χ1) is 28.8. The highest BCUT2D eigenvalue weighted by Gasteiger charge is 2.60. The van der Waals surface area contributed by atoms with Gasteiger partial charge in [0, 0.05) is 35.6 Å². The van der Waals surface area contributed by atoms with Crippen molar-refractivity contribution in [2.24, 2.45) is 51.5 Å². The van der Waals surface area contributed by atoms with Crippen LogP contribution in [0.2, 0.25) is 0 Å². The molecule has 4 saturated carbocycles. The lowest BCUT2D eigenvalue weighted by Gasteiger charge is -2.61. The maximum absolute atomic E-state index is 13.4. The van der Waals surface area contributed by atoms with Crippen molar-refractivity contribution < 1.29 is 52.9 Å². The molecule has 1 aromatic carbocycles. The number of hydrogen-bond donors (Lipinski definition) is 2. The van der Waals surface area contributed by atoms with Gasteiger partial charge in [-0.25, -0.2) is 4.79 Å². The molecule has 4 aliphatic rings. The first kappa shape index (κ1) is 46.8. The average Bonchev–Trinajstić information content (AvgIpc) is 3.58. The largest absolute Gasteiger partial charge is 0.481 e. The SMILES string of the molecule is C[C@H](CCC(=O)OCCOCCOCCOCCN=[N+]=[N-])[C@H]1CC[C@H]2[C@@H]3CC[C@@H]4C[C@H](OC(=O)[C@H](CC(=O)O)NC(=O)c5ccc([N+](=O)[O-])cc5)CC[C@]4(C)[C@H]3CC[C@]12C. The van der Waals surface area contributed by atoms with E-state index in [4.69, 9.17) is 29.2 Å². The smallest absolute Gasteiger partial charge is 0.329 e. The van der Waals surface area contributed by atoms with Gasteiger partial charge in [-0.15, -0.1) is 0 Å². The Morgan fingerprint density at radius 1 is 0.917 bits per heavy atom. The van der Waals surface area contributed by atoms with Crippen LogP contribution in [0.4, 0.5) is 5.69 Å². The molecule has 17 heteroatoms. The molecule has 4 aliphatic carbocycles. The van der Waals surface area contributed by atoms with E-state index in [1.54, 1.807) is 0 Å². The van der Waals surface area contributed by atoms with E-state index in [9.17, 15) is 34.4 Å². The number of carboxylic acid groups (broad SMARTS) is 1. The molecule has 2 N–H and O–H groups in total. The van der Waals surface area contributed by atoms with Crippen LogP contribution in [0.25, 0.3) is 10.4 Å². The normalized spacial score (nSPS) is 29.1. The van der Waals surface area contributed by atoms with Gasteiger partial charge >= 0.3 is 17.9 Å². The van der Waals surface area contributed by atoms with E-state index in [-0.39, 0.29) is 40.8 Å². The van der Waals surface area contributed by atoms with E-state index in [2.05, 4.69) is 36.1 Å². The lowest BCUT2D eigenvalue weighted by Crippen LogP contribution is -2.54. The predicted octanol–water partition coefficient (Wildman–Crippen LogP) is 7.06. The number of esters is 2. The number of rotatable bonds is 23. The standard InChI is InChI=1S/C43H63N5O12/c1-28(4-13-39(51)59-25-24-58-23-22-57-21-20-56-19-18-45-47-44)34-11-12-35-33-10-7-30-26-32(14-16-42(30,2)36(33)15-17-43(34,35)3)60-41(53)37(27-38(49)50)46-40(52)29-5-8-31(9-6-29)48(54)55/h5-6,8-9,28,30,32-37H,4,7,10-27H2,1-3H3,(H,46,52)(H,49,50)/t28-,30-,32-,33+,34-,35+,36+,37+,42+,43-/m1/s1. The molecule has 10 atom stereocenters. The Kier molecular flexibility index (Phi) is 17.1. The molecule has 0 radical (unpaired) electrons. The number of non-ortho nitro benzene ring substituents is 1. The van der Waals surface area contributed by atoms with E-state index in [1.165, 1.54) is 37.1 Å². The summed E-state index contributed by atoms with van der Waals surface area (Å²) < 4.78 is 27.6. The van der Waals surface area contributed by atoms with Crippen molar-refractivity contribution >= 4 is 29.5 Å². The van der Waals surface area contributed by atoms with Gasteiger partial charge in [0.25, 0.3) is 11.6 Å². The van der Waals surface area contributed by atoms with Crippen molar-refractivity contribution in [3.63, 3.8) is 0 Å². The molecular formula is C43H63N5O12. The molecule has 0 aromatic heterocycles. The molecule has 5 rings (SSSR count). The van der Waals surface area contributed by atoms with Gasteiger partial charge in [0.05, 0.1) is 51.0 Å². The monoisotopic (exact) mass is 841 g/mol. The molecule has 1 amide bonds. The molecule has 0 saturated heterocycles. The fourth-order valence-electron chi connectivity index (χ4n) is 11.4. The zero-order valence-electron chi connectivity index (χ0n) is 35.3. The number of carbonyl (C=O) groups is 4. The van der Waals surface area contributed by atoms with Gasteiger partial charge in [-0.2, -0.15) is 0 Å². The maximum Gasteiger partial charge on any atom is 0.329 e. The van der Waals surface area contributed by atoms with Crippen molar-refractivity contribution in [3.8, 4) is 0 Å². The average molecular weight is 842 g/mol. The van der Waals surface area contributed by atoms with Crippen LogP contribution < -0.4 is 5.32 Å². The van der Waals surface area contributed by atoms with Gasteiger partial charge in [0.1, 0.15) is 18.8 Å². The molecule has 0 bridgehead atoms. The highest BCUT2D eigenvalue weighted by Crippen LogP contribution is 2.68. The molecule has 1 aromatic rings. The number of benzene rings is 1. The van der Waals surface area contributed by atoms with Gasteiger partial charge in [0.15, 0.2) is 0 Å². The minimum atomic E-state index is -1.40. The number of nitrogens with zero attached hydrogens (tertiary/aromatic N) is 4. The molecule has 60 heavy (non-hydrogen) atoms. The zero-order valence-corrected chi connectivity index (χ0v) is 35.3. The molecule has 0 unspecified atom stereocenters. The van der Waals surface area contributed by atoms with Gasteiger partial charge in [0.2, 0.25) is 0 Å². The number of carbonyl (C=O) groups excluding carboxylic acids is 3. The number of nitro groups is 1. The lowest BCUT2D eigenvalue weighted by molar-refractivity contribution is -0.384. The second-order valence-corrected chi connectivity index (χ2v) is 17.7. The topological polar surface area (TPSA) is 239 Å². The lowest BCUT2D eigenvalue weighted by atomic mass is 9.44. The van der Waals surface area contributed by atoms with Gasteiger partial charge in [-0.1, -0.05) is 25.9 Å². The summed E-state index contributed by atoms with van der Waals surface area (Å²) in [6.45, 7) is 10.0. The zero-order chi connectivity index (χ0) is 43.3. The number of azide groups is 1. The third-order valence-electron chi connectivity index (χ3n) is 14.4. The van der Waals surface area contributed by atoms with Crippen molar-refractivity contribution in [2.75, 3.05) is 52.8 Å². The quantitative estimate of drug-likeness (QED) is 0.0214. The first-order valence-electron chi connectivity index (χ1n) is 21.6. The number of hydrogen-bond acceptors (Lipinski definition) is 12. The fourth-order valence-corrected chi connectivity index (χ4v) is 11.4. The van der Waals surface area contributed by atoms with Crippen molar-refractivity contribution in [1.82, 2.24) is 5.32 Å². The summed E-state index contributed by atoms with van der Waals surface area (Å²) in [5, 5.41) is 26.4. The van der Waals surface area contributed by atoms with Crippen LogP contribution >= 0.6 is 0 Å². The van der Waals surface area contributed by atoms with Crippen LogP contribution in [-0.4, -0.2) is 98.8 Å².